The van der Waals surface area contributed by atoms with Crippen LogP contribution in [0.1, 0.15) is 46.6 Å². The number of benzene rings is 2. The third-order valence-corrected chi connectivity index (χ3v) is 6.81. The van der Waals surface area contributed by atoms with E-state index in [0.29, 0.717) is 18.2 Å². The fourth-order valence-electron chi connectivity index (χ4n) is 4.03. The van der Waals surface area contributed by atoms with Gasteiger partial charge in [-0.3, -0.25) is 9.59 Å². The van der Waals surface area contributed by atoms with Crippen molar-refractivity contribution in [3.63, 3.8) is 0 Å². The fraction of sp³-hybridized carbons (Fsp3) is 0.391. The maximum absolute atomic E-state index is 12.8. The van der Waals surface area contributed by atoms with Crippen LogP contribution in [0.3, 0.4) is 0 Å². The average Bonchev–Trinajstić information content (AvgIpc) is 3.09. The van der Waals surface area contributed by atoms with Gasteiger partial charge in [0, 0.05) is 25.2 Å². The molecule has 4 nitrogen and oxygen atoms in total. The molecule has 2 amide bonds. The highest BCUT2D eigenvalue weighted by Gasteiger charge is 2.33. The zero-order valence-corrected chi connectivity index (χ0v) is 17.0. The van der Waals surface area contributed by atoms with Crippen molar-refractivity contribution < 1.29 is 9.59 Å². The minimum Gasteiger partial charge on any atom is -0.338 e. The fourth-order valence-corrected chi connectivity index (χ4v) is 5.22. The summed E-state index contributed by atoms with van der Waals surface area (Å²) in [6.45, 7) is 4.52. The first-order chi connectivity index (χ1) is 13.6. The Balaban J connectivity index is 1.48. The van der Waals surface area contributed by atoms with E-state index in [1.54, 1.807) is 11.8 Å². The summed E-state index contributed by atoms with van der Waals surface area (Å²) in [5, 5.41) is 0.00636. The number of nitrogens with zero attached hydrogens (tertiary/aromatic N) is 2. The summed E-state index contributed by atoms with van der Waals surface area (Å²) in [4.78, 5) is 29.1. The van der Waals surface area contributed by atoms with E-state index in [2.05, 4.69) is 19.1 Å². The molecule has 146 valence electrons. The van der Waals surface area contributed by atoms with E-state index in [-0.39, 0.29) is 17.2 Å². The number of amides is 2. The van der Waals surface area contributed by atoms with Crippen molar-refractivity contribution >= 4 is 23.6 Å². The van der Waals surface area contributed by atoms with E-state index in [1.165, 1.54) is 6.42 Å². The molecule has 0 aliphatic carbocycles. The molecule has 2 saturated heterocycles. The predicted molar refractivity (Wildman–Crippen MR) is 113 cm³/mol. The number of carbonyl (C=O) groups excluding carboxylic acids is 2. The van der Waals surface area contributed by atoms with Gasteiger partial charge in [0.25, 0.3) is 5.91 Å². The second kappa shape index (κ2) is 8.39. The molecule has 2 aliphatic rings. The second-order valence-electron chi connectivity index (χ2n) is 7.79. The Morgan fingerprint density at radius 1 is 1.11 bits per heavy atom. The first kappa shape index (κ1) is 19.1. The number of carbonyl (C=O) groups is 2. The van der Waals surface area contributed by atoms with Crippen LogP contribution in [0, 0.1) is 5.92 Å². The number of hydrogen-bond donors (Lipinski definition) is 0. The standard InChI is InChI=1S/C23H26N2O2S/c1-17-6-5-13-24(14-17)22(27)19-9-11-20(12-10-19)23-25(21(26)16-28-23)15-18-7-3-2-4-8-18/h2-4,7-12,17,23H,5-6,13-16H2,1H3. The molecule has 2 unspecified atom stereocenters. The Kier molecular flexibility index (Phi) is 5.72. The smallest absolute Gasteiger partial charge is 0.253 e. The molecule has 2 heterocycles. The van der Waals surface area contributed by atoms with Crippen LogP contribution in [-0.4, -0.2) is 40.5 Å². The highest BCUT2D eigenvalue weighted by Crippen LogP contribution is 2.39. The monoisotopic (exact) mass is 394 g/mol. The Morgan fingerprint density at radius 2 is 1.86 bits per heavy atom. The van der Waals surface area contributed by atoms with Gasteiger partial charge in [-0.05, 0) is 42.0 Å². The minimum absolute atomic E-state index is 0.00636. The van der Waals surface area contributed by atoms with Crippen LogP contribution >= 0.6 is 11.8 Å². The van der Waals surface area contributed by atoms with E-state index >= 15 is 0 Å². The summed E-state index contributed by atoms with van der Waals surface area (Å²) >= 11 is 1.65. The summed E-state index contributed by atoms with van der Waals surface area (Å²) < 4.78 is 0. The molecule has 2 aliphatic heterocycles. The third-order valence-electron chi connectivity index (χ3n) is 5.55. The lowest BCUT2D eigenvalue weighted by atomic mass is 9.99. The van der Waals surface area contributed by atoms with Crippen molar-refractivity contribution in [3.05, 3.63) is 71.3 Å². The molecule has 2 fully saturated rings. The summed E-state index contributed by atoms with van der Waals surface area (Å²) in [5.74, 6) is 1.37. The maximum Gasteiger partial charge on any atom is 0.253 e. The lowest BCUT2D eigenvalue weighted by Gasteiger charge is -2.31. The van der Waals surface area contributed by atoms with Crippen molar-refractivity contribution in [1.82, 2.24) is 9.80 Å². The molecule has 28 heavy (non-hydrogen) atoms. The molecule has 5 heteroatoms. The van der Waals surface area contributed by atoms with Crippen LogP contribution in [-0.2, 0) is 11.3 Å². The van der Waals surface area contributed by atoms with Crippen LogP contribution in [0.2, 0.25) is 0 Å². The highest BCUT2D eigenvalue weighted by atomic mass is 32.2. The van der Waals surface area contributed by atoms with Gasteiger partial charge in [0.2, 0.25) is 5.91 Å². The van der Waals surface area contributed by atoms with Gasteiger partial charge in [0.15, 0.2) is 0 Å². The lowest BCUT2D eigenvalue weighted by Crippen LogP contribution is -2.39. The average molecular weight is 395 g/mol. The Labute approximate surface area is 170 Å². The molecule has 0 aromatic heterocycles. The normalized spacial score (nSPS) is 22.5. The van der Waals surface area contributed by atoms with E-state index in [4.69, 9.17) is 0 Å². The van der Waals surface area contributed by atoms with Crippen molar-refractivity contribution in [2.75, 3.05) is 18.8 Å². The molecule has 2 atom stereocenters. The van der Waals surface area contributed by atoms with Gasteiger partial charge in [-0.2, -0.15) is 0 Å². The van der Waals surface area contributed by atoms with Gasteiger partial charge in [0.05, 0.1) is 5.75 Å². The molecular weight excluding hydrogens is 368 g/mol. The topological polar surface area (TPSA) is 40.6 Å². The molecule has 0 saturated carbocycles. The molecule has 0 spiro atoms. The first-order valence-corrected chi connectivity index (χ1v) is 11.0. The summed E-state index contributed by atoms with van der Waals surface area (Å²) in [7, 11) is 0. The minimum atomic E-state index is 0.00636. The van der Waals surface area contributed by atoms with Crippen molar-refractivity contribution in [1.29, 1.82) is 0 Å². The van der Waals surface area contributed by atoms with Gasteiger partial charge in [-0.1, -0.05) is 49.4 Å². The third kappa shape index (κ3) is 4.09. The van der Waals surface area contributed by atoms with Crippen LogP contribution in [0.25, 0.3) is 0 Å². The van der Waals surface area contributed by atoms with Crippen molar-refractivity contribution in [2.24, 2.45) is 5.92 Å². The Hall–Kier alpha value is -2.27. The number of hydrogen-bond acceptors (Lipinski definition) is 3. The maximum atomic E-state index is 12.8. The summed E-state index contributed by atoms with van der Waals surface area (Å²) in [6.07, 6.45) is 2.28. The molecule has 0 bridgehead atoms. The van der Waals surface area contributed by atoms with E-state index in [9.17, 15) is 9.59 Å². The van der Waals surface area contributed by atoms with Crippen LogP contribution in [0.5, 0.6) is 0 Å². The zero-order chi connectivity index (χ0) is 19.5. The van der Waals surface area contributed by atoms with Gasteiger partial charge in [-0.15, -0.1) is 11.8 Å². The molecular formula is C23H26N2O2S. The lowest BCUT2D eigenvalue weighted by molar-refractivity contribution is -0.128. The largest absolute Gasteiger partial charge is 0.338 e. The van der Waals surface area contributed by atoms with Crippen LogP contribution < -0.4 is 0 Å². The van der Waals surface area contributed by atoms with Crippen molar-refractivity contribution in [2.45, 2.75) is 31.7 Å². The molecule has 2 aromatic rings. The van der Waals surface area contributed by atoms with Gasteiger partial charge >= 0.3 is 0 Å². The number of thioether (sulfide) groups is 1. The van der Waals surface area contributed by atoms with E-state index in [0.717, 1.165) is 36.2 Å². The molecule has 0 N–H and O–H groups in total. The Bertz CT molecular complexity index is 837. The summed E-state index contributed by atoms with van der Waals surface area (Å²) in [6, 6.07) is 17.9. The number of rotatable bonds is 4. The molecule has 2 aromatic carbocycles. The van der Waals surface area contributed by atoms with Crippen LogP contribution in [0.4, 0.5) is 0 Å². The quantitative estimate of drug-likeness (QED) is 0.775. The van der Waals surface area contributed by atoms with E-state index < -0.39 is 0 Å². The van der Waals surface area contributed by atoms with Crippen molar-refractivity contribution in [3.8, 4) is 0 Å². The van der Waals surface area contributed by atoms with Gasteiger partial charge in [0.1, 0.15) is 5.37 Å². The SMILES string of the molecule is CC1CCCN(C(=O)c2ccc(C3SCC(=O)N3Cc3ccccc3)cc2)C1. The van der Waals surface area contributed by atoms with E-state index in [1.807, 2.05) is 52.3 Å². The zero-order valence-electron chi connectivity index (χ0n) is 16.2. The Morgan fingerprint density at radius 3 is 2.57 bits per heavy atom. The van der Waals surface area contributed by atoms with Gasteiger partial charge < -0.3 is 9.80 Å². The highest BCUT2D eigenvalue weighted by molar-refractivity contribution is 8.00. The van der Waals surface area contributed by atoms with Crippen LogP contribution in [0.15, 0.2) is 54.6 Å². The predicted octanol–water partition coefficient (Wildman–Crippen LogP) is 4.33. The molecule has 4 rings (SSSR count). The molecule has 0 radical (unpaired) electrons. The number of piperidine rings is 1. The van der Waals surface area contributed by atoms with Gasteiger partial charge in [-0.25, -0.2) is 0 Å². The second-order valence-corrected chi connectivity index (χ2v) is 8.86. The number of likely N-dealkylation sites (tertiary alicyclic amines) is 1. The summed E-state index contributed by atoms with van der Waals surface area (Å²) in [5.41, 5.74) is 2.95. The first-order valence-electron chi connectivity index (χ1n) is 9.96.